The van der Waals surface area contributed by atoms with E-state index in [1.165, 1.54) is 11.1 Å². The molecule has 5 nitrogen and oxygen atoms in total. The van der Waals surface area contributed by atoms with Crippen LogP contribution in [0.4, 0.5) is 0 Å². The summed E-state index contributed by atoms with van der Waals surface area (Å²) in [4.78, 5) is 0. The Morgan fingerprint density at radius 3 is 2.72 bits per heavy atom. The van der Waals surface area contributed by atoms with Gasteiger partial charge >= 0.3 is 0 Å². The van der Waals surface area contributed by atoms with Crippen molar-refractivity contribution in [3.8, 4) is 28.4 Å². The molecule has 0 saturated carbocycles. The highest BCUT2D eigenvalue weighted by Gasteiger charge is 2.21. The third-order valence-electron chi connectivity index (χ3n) is 5.53. The third kappa shape index (κ3) is 3.87. The molecular weight excluding hydrogens is 364 g/mol. The lowest BCUT2D eigenvalue weighted by molar-refractivity contribution is -0.0402. The van der Waals surface area contributed by atoms with Crippen LogP contribution in [-0.2, 0) is 11.2 Å². The standard InChI is InChI=1S/C24H28N2O3/c1-5-19-15-21(26(25-19)20-9-6-8-16(2)17(20)3)18-11-12-22(27-4)23(14-18)29-24-10-7-13-28-24/h6,8-9,11-12,14-15,24H,5,7,10,13H2,1-4H3/t24-/m0/s1. The average molecular weight is 392 g/mol. The van der Waals surface area contributed by atoms with E-state index in [9.17, 15) is 0 Å². The van der Waals surface area contributed by atoms with Crippen molar-refractivity contribution in [2.45, 2.75) is 46.3 Å². The molecular formula is C24H28N2O3. The molecule has 0 amide bonds. The molecule has 152 valence electrons. The van der Waals surface area contributed by atoms with Crippen molar-refractivity contribution in [3.63, 3.8) is 0 Å². The summed E-state index contributed by atoms with van der Waals surface area (Å²) in [5.41, 5.74) is 6.70. The Balaban J connectivity index is 1.80. The Kier molecular flexibility index (Phi) is 5.58. The highest BCUT2D eigenvalue weighted by Crippen LogP contribution is 2.36. The quantitative estimate of drug-likeness (QED) is 0.575. The number of aromatic nitrogens is 2. The van der Waals surface area contributed by atoms with Gasteiger partial charge in [0, 0.05) is 12.0 Å². The predicted octanol–water partition coefficient (Wildman–Crippen LogP) is 5.24. The minimum Gasteiger partial charge on any atom is -0.493 e. The number of aryl methyl sites for hydroxylation is 2. The van der Waals surface area contributed by atoms with Crippen molar-refractivity contribution < 1.29 is 14.2 Å². The van der Waals surface area contributed by atoms with E-state index in [1.54, 1.807) is 7.11 Å². The van der Waals surface area contributed by atoms with E-state index in [1.807, 2.05) is 16.8 Å². The zero-order chi connectivity index (χ0) is 20.4. The van der Waals surface area contributed by atoms with Gasteiger partial charge < -0.3 is 14.2 Å². The fourth-order valence-electron chi connectivity index (χ4n) is 3.67. The van der Waals surface area contributed by atoms with E-state index in [0.29, 0.717) is 11.5 Å². The molecule has 1 atom stereocenters. The predicted molar refractivity (Wildman–Crippen MR) is 114 cm³/mol. The normalized spacial score (nSPS) is 16.2. The second kappa shape index (κ2) is 8.29. The number of nitrogens with zero attached hydrogens (tertiary/aromatic N) is 2. The van der Waals surface area contributed by atoms with Gasteiger partial charge in [0.05, 0.1) is 30.8 Å². The lowest BCUT2D eigenvalue weighted by Crippen LogP contribution is -2.14. The summed E-state index contributed by atoms with van der Waals surface area (Å²) in [7, 11) is 1.66. The summed E-state index contributed by atoms with van der Waals surface area (Å²) in [6, 6.07) is 14.5. The molecule has 0 spiro atoms. The minimum absolute atomic E-state index is 0.214. The molecule has 1 aliphatic heterocycles. The van der Waals surface area contributed by atoms with Gasteiger partial charge in [-0.15, -0.1) is 0 Å². The van der Waals surface area contributed by atoms with E-state index in [4.69, 9.17) is 19.3 Å². The van der Waals surface area contributed by atoms with Gasteiger partial charge in [-0.2, -0.15) is 5.10 Å². The molecule has 2 aromatic carbocycles. The van der Waals surface area contributed by atoms with Gasteiger partial charge in [-0.3, -0.25) is 0 Å². The van der Waals surface area contributed by atoms with Crippen molar-refractivity contribution >= 4 is 0 Å². The molecule has 1 aliphatic rings. The largest absolute Gasteiger partial charge is 0.493 e. The van der Waals surface area contributed by atoms with Crippen LogP contribution in [0.2, 0.25) is 0 Å². The van der Waals surface area contributed by atoms with E-state index < -0.39 is 0 Å². The smallest absolute Gasteiger partial charge is 0.200 e. The minimum atomic E-state index is -0.214. The zero-order valence-electron chi connectivity index (χ0n) is 17.6. The lowest BCUT2D eigenvalue weighted by atomic mass is 10.1. The molecule has 0 N–H and O–H groups in total. The number of hydrogen-bond acceptors (Lipinski definition) is 4. The number of benzene rings is 2. The van der Waals surface area contributed by atoms with Crippen LogP contribution in [-0.4, -0.2) is 29.8 Å². The molecule has 1 fully saturated rings. The van der Waals surface area contributed by atoms with Gasteiger partial charge in [0.2, 0.25) is 0 Å². The fraction of sp³-hybridized carbons (Fsp3) is 0.375. The van der Waals surface area contributed by atoms with E-state index >= 15 is 0 Å². The second-order valence-corrected chi connectivity index (χ2v) is 7.43. The molecule has 0 bridgehead atoms. The van der Waals surface area contributed by atoms with Gasteiger partial charge in [-0.1, -0.05) is 19.1 Å². The van der Waals surface area contributed by atoms with Crippen LogP contribution in [0.25, 0.3) is 16.9 Å². The van der Waals surface area contributed by atoms with Crippen molar-refractivity contribution in [3.05, 3.63) is 59.3 Å². The lowest BCUT2D eigenvalue weighted by Gasteiger charge is -2.17. The van der Waals surface area contributed by atoms with Crippen molar-refractivity contribution in [2.24, 2.45) is 0 Å². The topological polar surface area (TPSA) is 45.5 Å². The van der Waals surface area contributed by atoms with Gasteiger partial charge in [0.15, 0.2) is 17.8 Å². The number of ether oxygens (including phenoxy) is 3. The summed E-state index contributed by atoms with van der Waals surface area (Å²) < 4.78 is 19.3. The summed E-state index contributed by atoms with van der Waals surface area (Å²) in [5, 5.41) is 4.87. The summed E-state index contributed by atoms with van der Waals surface area (Å²) in [6.45, 7) is 7.14. The molecule has 29 heavy (non-hydrogen) atoms. The summed E-state index contributed by atoms with van der Waals surface area (Å²) in [6.07, 6.45) is 2.58. The van der Waals surface area contributed by atoms with Crippen LogP contribution in [0, 0.1) is 13.8 Å². The molecule has 0 radical (unpaired) electrons. The maximum absolute atomic E-state index is 6.10. The Morgan fingerprint density at radius 2 is 2.00 bits per heavy atom. The average Bonchev–Trinajstić information content (AvgIpc) is 3.40. The van der Waals surface area contributed by atoms with Gasteiger partial charge in [0.25, 0.3) is 0 Å². The number of rotatable bonds is 6. The van der Waals surface area contributed by atoms with E-state index in [2.05, 4.69) is 51.1 Å². The first kappa shape index (κ1) is 19.5. The van der Waals surface area contributed by atoms with Crippen molar-refractivity contribution in [1.82, 2.24) is 9.78 Å². The van der Waals surface area contributed by atoms with Gasteiger partial charge in [-0.05, 0) is 68.1 Å². The summed E-state index contributed by atoms with van der Waals surface area (Å²) >= 11 is 0. The zero-order valence-corrected chi connectivity index (χ0v) is 17.6. The molecule has 3 aromatic rings. The van der Waals surface area contributed by atoms with Crippen LogP contribution in [0.3, 0.4) is 0 Å². The van der Waals surface area contributed by atoms with E-state index in [-0.39, 0.29) is 6.29 Å². The van der Waals surface area contributed by atoms with Gasteiger partial charge in [-0.25, -0.2) is 4.68 Å². The monoisotopic (exact) mass is 392 g/mol. The van der Waals surface area contributed by atoms with Crippen LogP contribution < -0.4 is 9.47 Å². The Morgan fingerprint density at radius 1 is 1.14 bits per heavy atom. The first-order chi connectivity index (χ1) is 14.1. The first-order valence-electron chi connectivity index (χ1n) is 10.2. The van der Waals surface area contributed by atoms with Crippen molar-refractivity contribution in [2.75, 3.05) is 13.7 Å². The molecule has 1 aromatic heterocycles. The second-order valence-electron chi connectivity index (χ2n) is 7.43. The fourth-order valence-corrected chi connectivity index (χ4v) is 3.67. The maximum Gasteiger partial charge on any atom is 0.200 e. The first-order valence-corrected chi connectivity index (χ1v) is 10.2. The molecule has 5 heteroatoms. The molecule has 2 heterocycles. The highest BCUT2D eigenvalue weighted by atomic mass is 16.7. The van der Waals surface area contributed by atoms with Gasteiger partial charge in [0.1, 0.15) is 0 Å². The molecule has 1 saturated heterocycles. The van der Waals surface area contributed by atoms with Crippen LogP contribution in [0.1, 0.15) is 36.6 Å². The Labute approximate surface area is 172 Å². The third-order valence-corrected chi connectivity index (χ3v) is 5.53. The van der Waals surface area contributed by atoms with Crippen LogP contribution in [0.15, 0.2) is 42.5 Å². The number of hydrogen-bond donors (Lipinski definition) is 0. The molecule has 0 unspecified atom stereocenters. The molecule has 0 aliphatic carbocycles. The van der Waals surface area contributed by atoms with E-state index in [0.717, 1.165) is 48.5 Å². The molecule has 4 rings (SSSR count). The summed E-state index contributed by atoms with van der Waals surface area (Å²) in [5.74, 6) is 1.40. The van der Waals surface area contributed by atoms with Crippen LogP contribution >= 0.6 is 0 Å². The number of methoxy groups -OCH3 is 1. The van der Waals surface area contributed by atoms with Crippen molar-refractivity contribution in [1.29, 1.82) is 0 Å². The van der Waals surface area contributed by atoms with Crippen LogP contribution in [0.5, 0.6) is 11.5 Å². The SMILES string of the molecule is CCc1cc(-c2ccc(OC)c(O[C@H]3CCCO3)c2)n(-c2cccc(C)c2C)n1. The highest BCUT2D eigenvalue weighted by molar-refractivity contribution is 5.67. The maximum atomic E-state index is 6.10. The Bertz CT molecular complexity index is 1000. The Hall–Kier alpha value is -2.79.